The predicted molar refractivity (Wildman–Crippen MR) is 74.2 cm³/mol. The number of hydrogen-bond donors (Lipinski definition) is 1. The van der Waals surface area contributed by atoms with Gasteiger partial charge in [-0.25, -0.2) is 4.79 Å². The monoisotopic (exact) mass is 279 g/mol. The topological polar surface area (TPSA) is 59.0 Å². The highest BCUT2D eigenvalue weighted by atomic mass is 16.6. The highest BCUT2D eigenvalue weighted by Gasteiger charge is 2.32. The second kappa shape index (κ2) is 6.72. The number of nitrogens with zero attached hydrogens (tertiary/aromatic N) is 1. The molecule has 0 aliphatic carbocycles. The van der Waals surface area contributed by atoms with Crippen molar-refractivity contribution >= 4 is 6.09 Å². The van der Waals surface area contributed by atoms with E-state index >= 15 is 0 Å². The van der Waals surface area contributed by atoms with Crippen molar-refractivity contribution in [2.45, 2.75) is 13.5 Å². The van der Waals surface area contributed by atoms with E-state index in [2.05, 4.69) is 0 Å². The summed E-state index contributed by atoms with van der Waals surface area (Å²) in [6.07, 6.45) is -0.362. The molecule has 1 amide bonds. The van der Waals surface area contributed by atoms with Crippen LogP contribution in [0.3, 0.4) is 0 Å². The van der Waals surface area contributed by atoms with Gasteiger partial charge in [0.15, 0.2) is 0 Å². The smallest absolute Gasteiger partial charge is 0.410 e. The molecule has 5 heteroatoms. The summed E-state index contributed by atoms with van der Waals surface area (Å²) in [5, 5.41) is 9.42. The number of carbonyl (C=O) groups is 1. The largest absolute Gasteiger partial charge is 0.445 e. The van der Waals surface area contributed by atoms with Crippen LogP contribution in [0, 0.1) is 5.41 Å². The van der Waals surface area contributed by atoms with Gasteiger partial charge in [-0.15, -0.1) is 0 Å². The Bertz CT molecular complexity index is 437. The molecule has 0 aromatic heterocycles. The van der Waals surface area contributed by atoms with Crippen LogP contribution in [0.4, 0.5) is 4.79 Å². The number of hydrogen-bond acceptors (Lipinski definition) is 4. The summed E-state index contributed by atoms with van der Waals surface area (Å²) in [7, 11) is 0. The molecule has 110 valence electrons. The summed E-state index contributed by atoms with van der Waals surface area (Å²) in [5.74, 6) is 0. The van der Waals surface area contributed by atoms with Crippen molar-refractivity contribution in [1.82, 2.24) is 4.90 Å². The first kappa shape index (κ1) is 14.8. The first-order valence-electron chi connectivity index (χ1n) is 6.77. The SMILES string of the molecule is CC1(CO)COCCN(C(=O)OCc2ccccc2)C1. The minimum absolute atomic E-state index is 0.0184. The lowest BCUT2D eigenvalue weighted by Crippen LogP contribution is -2.42. The van der Waals surface area contributed by atoms with Crippen LogP contribution in [-0.2, 0) is 16.1 Å². The van der Waals surface area contributed by atoms with E-state index in [0.717, 1.165) is 5.56 Å². The van der Waals surface area contributed by atoms with Crippen molar-refractivity contribution < 1.29 is 19.4 Å². The third-order valence-corrected chi connectivity index (χ3v) is 3.37. The molecule has 1 fully saturated rings. The number of aliphatic hydroxyl groups is 1. The highest BCUT2D eigenvalue weighted by Crippen LogP contribution is 2.21. The van der Waals surface area contributed by atoms with Crippen LogP contribution in [0.25, 0.3) is 0 Å². The normalized spacial score (nSPS) is 23.2. The molecule has 0 saturated carbocycles. The summed E-state index contributed by atoms with van der Waals surface area (Å²) in [6.45, 7) is 3.99. The van der Waals surface area contributed by atoms with Crippen LogP contribution in [0.1, 0.15) is 12.5 Å². The zero-order valence-corrected chi connectivity index (χ0v) is 11.7. The van der Waals surface area contributed by atoms with Gasteiger partial charge in [0.05, 0.1) is 19.8 Å². The van der Waals surface area contributed by atoms with Crippen LogP contribution in [0.5, 0.6) is 0 Å². The van der Waals surface area contributed by atoms with Gasteiger partial charge in [0.25, 0.3) is 0 Å². The van der Waals surface area contributed by atoms with E-state index in [9.17, 15) is 9.90 Å². The fourth-order valence-electron chi connectivity index (χ4n) is 2.14. The van der Waals surface area contributed by atoms with E-state index in [-0.39, 0.29) is 19.3 Å². The average Bonchev–Trinajstić information content (AvgIpc) is 2.68. The molecular formula is C15H21NO4. The molecular weight excluding hydrogens is 258 g/mol. The number of benzene rings is 1. The average molecular weight is 279 g/mol. The van der Waals surface area contributed by atoms with E-state index in [1.165, 1.54) is 0 Å². The summed E-state index contributed by atoms with van der Waals surface area (Å²) in [6, 6.07) is 9.56. The highest BCUT2D eigenvalue weighted by molar-refractivity contribution is 5.67. The van der Waals surface area contributed by atoms with Gasteiger partial charge in [0.2, 0.25) is 0 Å². The maximum Gasteiger partial charge on any atom is 0.410 e. The maximum absolute atomic E-state index is 12.1. The molecule has 1 aromatic carbocycles. The van der Waals surface area contributed by atoms with Crippen molar-refractivity contribution in [3.05, 3.63) is 35.9 Å². The molecule has 1 atom stereocenters. The van der Waals surface area contributed by atoms with Gasteiger partial charge in [-0.3, -0.25) is 0 Å². The zero-order chi connectivity index (χ0) is 14.4. The van der Waals surface area contributed by atoms with Crippen LogP contribution in [-0.4, -0.2) is 49.0 Å². The Kier molecular flexibility index (Phi) is 4.98. The van der Waals surface area contributed by atoms with Gasteiger partial charge in [0.1, 0.15) is 6.61 Å². The lowest BCUT2D eigenvalue weighted by atomic mass is 9.93. The summed E-state index contributed by atoms with van der Waals surface area (Å²) in [5.41, 5.74) is 0.527. The minimum Gasteiger partial charge on any atom is -0.445 e. The number of ether oxygens (including phenoxy) is 2. The Morgan fingerprint density at radius 3 is 2.90 bits per heavy atom. The Morgan fingerprint density at radius 1 is 1.45 bits per heavy atom. The summed E-state index contributed by atoms with van der Waals surface area (Å²) >= 11 is 0. The van der Waals surface area contributed by atoms with Crippen molar-refractivity contribution in [1.29, 1.82) is 0 Å². The number of rotatable bonds is 3. The lowest BCUT2D eigenvalue weighted by molar-refractivity contribution is 0.0331. The molecule has 1 aliphatic heterocycles. The molecule has 1 N–H and O–H groups in total. The molecule has 20 heavy (non-hydrogen) atoms. The van der Waals surface area contributed by atoms with E-state index in [4.69, 9.17) is 9.47 Å². The first-order chi connectivity index (χ1) is 9.63. The first-order valence-corrected chi connectivity index (χ1v) is 6.77. The van der Waals surface area contributed by atoms with Crippen molar-refractivity contribution in [3.63, 3.8) is 0 Å². The minimum atomic E-state index is -0.428. The van der Waals surface area contributed by atoms with Crippen LogP contribution >= 0.6 is 0 Å². The Hall–Kier alpha value is -1.59. The lowest BCUT2D eigenvalue weighted by Gasteiger charge is -2.29. The van der Waals surface area contributed by atoms with Crippen LogP contribution in [0.15, 0.2) is 30.3 Å². The molecule has 1 aliphatic rings. The molecule has 1 heterocycles. The summed E-state index contributed by atoms with van der Waals surface area (Å²) < 4.78 is 10.7. The van der Waals surface area contributed by atoms with Crippen molar-refractivity contribution in [2.24, 2.45) is 5.41 Å². The number of carbonyl (C=O) groups excluding carboxylic acids is 1. The van der Waals surface area contributed by atoms with Crippen LogP contribution in [0.2, 0.25) is 0 Å². The van der Waals surface area contributed by atoms with Crippen molar-refractivity contribution in [2.75, 3.05) is 32.9 Å². The number of amides is 1. The van der Waals surface area contributed by atoms with Gasteiger partial charge >= 0.3 is 6.09 Å². The van der Waals surface area contributed by atoms with Gasteiger partial charge in [-0.05, 0) is 5.56 Å². The fourth-order valence-corrected chi connectivity index (χ4v) is 2.14. The van der Waals surface area contributed by atoms with E-state index < -0.39 is 5.41 Å². The quantitative estimate of drug-likeness (QED) is 0.914. The molecule has 0 spiro atoms. The molecule has 0 bridgehead atoms. The zero-order valence-electron chi connectivity index (χ0n) is 11.7. The summed E-state index contributed by atoms with van der Waals surface area (Å²) in [4.78, 5) is 13.7. The van der Waals surface area contributed by atoms with Gasteiger partial charge < -0.3 is 19.5 Å². The number of aliphatic hydroxyl groups excluding tert-OH is 1. The van der Waals surface area contributed by atoms with Gasteiger partial charge in [-0.1, -0.05) is 37.3 Å². The molecule has 1 saturated heterocycles. The third-order valence-electron chi connectivity index (χ3n) is 3.37. The fraction of sp³-hybridized carbons (Fsp3) is 0.533. The van der Waals surface area contributed by atoms with E-state index in [1.807, 2.05) is 37.3 Å². The Balaban J connectivity index is 1.91. The maximum atomic E-state index is 12.1. The van der Waals surface area contributed by atoms with Crippen LogP contribution < -0.4 is 0 Å². The van der Waals surface area contributed by atoms with E-state index in [1.54, 1.807) is 4.90 Å². The second-order valence-corrected chi connectivity index (χ2v) is 5.48. The van der Waals surface area contributed by atoms with Gasteiger partial charge in [0, 0.05) is 18.5 Å². The molecule has 1 unspecified atom stereocenters. The van der Waals surface area contributed by atoms with Gasteiger partial charge in [-0.2, -0.15) is 0 Å². The van der Waals surface area contributed by atoms with E-state index in [0.29, 0.717) is 26.3 Å². The second-order valence-electron chi connectivity index (χ2n) is 5.48. The Labute approximate surface area is 119 Å². The molecule has 5 nitrogen and oxygen atoms in total. The predicted octanol–water partition coefficient (Wildman–Crippen LogP) is 1.65. The van der Waals surface area contributed by atoms with Crippen molar-refractivity contribution in [3.8, 4) is 0 Å². The molecule has 2 rings (SSSR count). The Morgan fingerprint density at radius 2 is 2.20 bits per heavy atom. The standard InChI is InChI=1S/C15H21NO4/c1-15(11-17)10-16(7-8-19-12-15)14(18)20-9-13-5-3-2-4-6-13/h2-6,17H,7-12H2,1H3. The molecule has 1 aromatic rings. The third kappa shape index (κ3) is 3.95. The molecule has 0 radical (unpaired) electrons.